The van der Waals surface area contributed by atoms with Crippen LogP contribution in [0.5, 0.6) is 0 Å². The predicted molar refractivity (Wildman–Crippen MR) is 75.3 cm³/mol. The highest BCUT2D eigenvalue weighted by molar-refractivity contribution is 5.23. The molecule has 0 saturated carbocycles. The van der Waals surface area contributed by atoms with Gasteiger partial charge >= 0.3 is 0 Å². The lowest BCUT2D eigenvalue weighted by molar-refractivity contribution is 0.494. The monoisotopic (exact) mass is 276 g/mol. The summed E-state index contributed by atoms with van der Waals surface area (Å²) < 4.78 is 26.8. The molecule has 0 spiro atoms. The summed E-state index contributed by atoms with van der Waals surface area (Å²) >= 11 is 0. The minimum atomic E-state index is -0.316. The second-order valence-corrected chi connectivity index (χ2v) is 4.73. The van der Waals surface area contributed by atoms with E-state index in [1.807, 2.05) is 0 Å². The van der Waals surface area contributed by atoms with Crippen molar-refractivity contribution < 1.29 is 8.78 Å². The summed E-state index contributed by atoms with van der Waals surface area (Å²) in [6, 6.07) is 7.86. The number of pyridine rings is 1. The van der Waals surface area contributed by atoms with Crippen molar-refractivity contribution in [2.24, 2.45) is 0 Å². The van der Waals surface area contributed by atoms with E-state index < -0.39 is 0 Å². The fourth-order valence-corrected chi connectivity index (χ4v) is 2.14. The Balaban J connectivity index is 2.19. The fraction of sp³-hybridized carbons (Fsp3) is 0.312. The van der Waals surface area contributed by atoms with Crippen LogP contribution in [0.2, 0.25) is 0 Å². The van der Waals surface area contributed by atoms with Crippen LogP contribution in [0.1, 0.15) is 30.5 Å². The van der Waals surface area contributed by atoms with Gasteiger partial charge in [0.25, 0.3) is 0 Å². The van der Waals surface area contributed by atoms with Crippen LogP contribution in [-0.4, -0.2) is 11.5 Å². The lowest BCUT2D eigenvalue weighted by Gasteiger charge is -2.19. The molecule has 0 radical (unpaired) electrons. The van der Waals surface area contributed by atoms with E-state index in [-0.39, 0.29) is 17.7 Å². The maximum atomic E-state index is 13.9. The first kappa shape index (κ1) is 14.6. The number of hydrogen-bond acceptors (Lipinski definition) is 2. The van der Waals surface area contributed by atoms with Gasteiger partial charge in [0.2, 0.25) is 0 Å². The Labute approximate surface area is 117 Å². The summed E-state index contributed by atoms with van der Waals surface area (Å²) in [5, 5.41) is 3.33. The quantitative estimate of drug-likeness (QED) is 0.871. The highest BCUT2D eigenvalue weighted by atomic mass is 19.1. The zero-order valence-corrected chi connectivity index (χ0v) is 11.4. The molecule has 1 atom stereocenters. The fourth-order valence-electron chi connectivity index (χ4n) is 2.14. The van der Waals surface area contributed by atoms with Crippen molar-refractivity contribution in [2.45, 2.75) is 25.8 Å². The van der Waals surface area contributed by atoms with Gasteiger partial charge in [-0.3, -0.25) is 4.98 Å². The molecule has 0 bridgehead atoms. The topological polar surface area (TPSA) is 24.9 Å². The number of aromatic nitrogens is 1. The summed E-state index contributed by atoms with van der Waals surface area (Å²) in [5.74, 6) is -0.579. The van der Waals surface area contributed by atoms with E-state index in [4.69, 9.17) is 0 Å². The van der Waals surface area contributed by atoms with E-state index >= 15 is 0 Å². The molecule has 0 aliphatic rings. The molecule has 2 aromatic rings. The normalized spacial score (nSPS) is 12.3. The van der Waals surface area contributed by atoms with Gasteiger partial charge in [-0.15, -0.1) is 0 Å². The summed E-state index contributed by atoms with van der Waals surface area (Å²) in [4.78, 5) is 3.77. The maximum absolute atomic E-state index is 13.9. The highest BCUT2D eigenvalue weighted by Crippen LogP contribution is 2.21. The van der Waals surface area contributed by atoms with Crippen molar-refractivity contribution in [3.63, 3.8) is 0 Å². The van der Waals surface area contributed by atoms with E-state index in [0.29, 0.717) is 12.0 Å². The Hall–Kier alpha value is -1.81. The number of rotatable bonds is 6. The Morgan fingerprint density at radius 1 is 1.15 bits per heavy atom. The second kappa shape index (κ2) is 7.10. The van der Waals surface area contributed by atoms with Crippen LogP contribution >= 0.6 is 0 Å². The SMILES string of the molecule is CCCNC(Cc1ccc(F)cc1)c1ccncc1F. The molecule has 20 heavy (non-hydrogen) atoms. The summed E-state index contributed by atoms with van der Waals surface area (Å²) in [7, 11) is 0. The van der Waals surface area contributed by atoms with Crippen molar-refractivity contribution >= 4 is 0 Å². The van der Waals surface area contributed by atoms with Gasteiger partial charge in [-0.25, -0.2) is 8.78 Å². The van der Waals surface area contributed by atoms with Gasteiger partial charge in [-0.05, 0) is 43.1 Å². The molecule has 1 heterocycles. The molecule has 1 aromatic carbocycles. The molecule has 2 nitrogen and oxygen atoms in total. The predicted octanol–water partition coefficient (Wildman–Crippen LogP) is 3.64. The van der Waals surface area contributed by atoms with Crippen molar-refractivity contribution in [3.8, 4) is 0 Å². The van der Waals surface area contributed by atoms with Crippen LogP contribution in [0.15, 0.2) is 42.7 Å². The molecule has 0 amide bonds. The van der Waals surface area contributed by atoms with Crippen LogP contribution in [0.3, 0.4) is 0 Å². The minimum Gasteiger partial charge on any atom is -0.310 e. The third kappa shape index (κ3) is 3.84. The third-order valence-electron chi connectivity index (χ3n) is 3.17. The van der Waals surface area contributed by atoms with Gasteiger partial charge in [0, 0.05) is 17.8 Å². The van der Waals surface area contributed by atoms with E-state index in [9.17, 15) is 8.78 Å². The van der Waals surface area contributed by atoms with Crippen LogP contribution in [0.25, 0.3) is 0 Å². The number of nitrogens with one attached hydrogen (secondary N) is 1. The lowest BCUT2D eigenvalue weighted by atomic mass is 9.99. The van der Waals surface area contributed by atoms with Crippen LogP contribution < -0.4 is 5.32 Å². The van der Waals surface area contributed by atoms with Crippen LogP contribution in [0.4, 0.5) is 8.78 Å². The van der Waals surface area contributed by atoms with Crippen LogP contribution in [-0.2, 0) is 6.42 Å². The second-order valence-electron chi connectivity index (χ2n) is 4.73. The average molecular weight is 276 g/mol. The molecule has 2 rings (SSSR count). The van der Waals surface area contributed by atoms with Gasteiger partial charge in [0.15, 0.2) is 0 Å². The Kier molecular flexibility index (Phi) is 5.18. The smallest absolute Gasteiger partial charge is 0.146 e. The van der Waals surface area contributed by atoms with Crippen LogP contribution in [0, 0.1) is 11.6 Å². The first-order valence-corrected chi connectivity index (χ1v) is 6.78. The molecule has 1 N–H and O–H groups in total. The van der Waals surface area contributed by atoms with Gasteiger partial charge in [0.1, 0.15) is 11.6 Å². The average Bonchev–Trinajstić information content (AvgIpc) is 2.46. The summed E-state index contributed by atoms with van der Waals surface area (Å²) in [5.41, 5.74) is 1.56. The lowest BCUT2D eigenvalue weighted by Crippen LogP contribution is -2.25. The molecular formula is C16H18F2N2. The van der Waals surface area contributed by atoms with Crippen molar-refractivity contribution in [2.75, 3.05) is 6.54 Å². The highest BCUT2D eigenvalue weighted by Gasteiger charge is 2.15. The van der Waals surface area contributed by atoms with Gasteiger partial charge in [0.05, 0.1) is 6.20 Å². The molecule has 4 heteroatoms. The van der Waals surface area contributed by atoms with Gasteiger partial charge < -0.3 is 5.32 Å². The van der Waals surface area contributed by atoms with E-state index in [1.54, 1.807) is 24.4 Å². The largest absolute Gasteiger partial charge is 0.310 e. The maximum Gasteiger partial charge on any atom is 0.146 e. The molecule has 1 unspecified atom stereocenters. The standard InChI is InChI=1S/C16H18F2N2/c1-2-8-20-16(14-7-9-19-11-15(14)18)10-12-3-5-13(17)6-4-12/h3-7,9,11,16,20H,2,8,10H2,1H3. The van der Waals surface area contributed by atoms with Crippen molar-refractivity contribution in [1.29, 1.82) is 0 Å². The van der Waals surface area contributed by atoms with E-state index in [1.165, 1.54) is 18.3 Å². The molecule has 0 aliphatic heterocycles. The summed E-state index contributed by atoms with van der Waals surface area (Å²) in [6.07, 6.45) is 4.39. The number of hydrogen-bond donors (Lipinski definition) is 1. The molecule has 1 aromatic heterocycles. The molecular weight excluding hydrogens is 258 g/mol. The first-order valence-electron chi connectivity index (χ1n) is 6.78. The van der Waals surface area contributed by atoms with Crippen molar-refractivity contribution in [1.82, 2.24) is 10.3 Å². The molecule has 106 valence electrons. The molecule has 0 aliphatic carbocycles. The molecule has 0 fully saturated rings. The van der Waals surface area contributed by atoms with Gasteiger partial charge in [-0.1, -0.05) is 19.1 Å². The van der Waals surface area contributed by atoms with E-state index in [2.05, 4.69) is 17.2 Å². The number of benzene rings is 1. The zero-order chi connectivity index (χ0) is 14.4. The van der Waals surface area contributed by atoms with Crippen molar-refractivity contribution in [3.05, 3.63) is 65.5 Å². The third-order valence-corrected chi connectivity index (χ3v) is 3.17. The summed E-state index contributed by atoms with van der Waals surface area (Å²) in [6.45, 7) is 2.86. The number of nitrogens with zero attached hydrogens (tertiary/aromatic N) is 1. The minimum absolute atomic E-state index is 0.136. The number of halogens is 2. The van der Waals surface area contributed by atoms with E-state index in [0.717, 1.165) is 18.5 Å². The zero-order valence-electron chi connectivity index (χ0n) is 11.4. The Morgan fingerprint density at radius 3 is 2.55 bits per heavy atom. The molecule has 0 saturated heterocycles. The van der Waals surface area contributed by atoms with Gasteiger partial charge in [-0.2, -0.15) is 0 Å². The Morgan fingerprint density at radius 2 is 1.90 bits per heavy atom. The first-order chi connectivity index (χ1) is 9.70. The Bertz CT molecular complexity index is 540.